The van der Waals surface area contributed by atoms with Gasteiger partial charge in [0.15, 0.2) is 6.61 Å². The first kappa shape index (κ1) is 18.5. The third-order valence-corrected chi connectivity index (χ3v) is 3.84. The minimum atomic E-state index is -0.568. The highest BCUT2D eigenvalue weighted by molar-refractivity contribution is 6.01. The lowest BCUT2D eigenvalue weighted by molar-refractivity contribution is -0.136. The van der Waals surface area contributed by atoms with Crippen LogP contribution in [0.5, 0.6) is 5.75 Å². The maximum Gasteiger partial charge on any atom is 0.331 e. The SMILES string of the molecule is COc1ccccc1C=CC(=O)OCC(=O)c1c(C)cc(C)cc1C. The average Bonchev–Trinajstić information content (AvgIpc) is 2.57. The first-order valence-electron chi connectivity index (χ1n) is 8.01. The summed E-state index contributed by atoms with van der Waals surface area (Å²) in [5.41, 5.74) is 4.26. The van der Waals surface area contributed by atoms with Crippen LogP contribution in [0.25, 0.3) is 6.08 Å². The van der Waals surface area contributed by atoms with Crippen LogP contribution >= 0.6 is 0 Å². The molecule has 0 saturated heterocycles. The van der Waals surface area contributed by atoms with Gasteiger partial charge in [-0.3, -0.25) is 4.79 Å². The molecule has 0 fully saturated rings. The van der Waals surface area contributed by atoms with E-state index in [1.54, 1.807) is 19.3 Å². The number of benzene rings is 2. The second kappa shape index (κ2) is 8.29. The molecule has 4 heteroatoms. The lowest BCUT2D eigenvalue weighted by atomic mass is 9.97. The van der Waals surface area contributed by atoms with Gasteiger partial charge in [-0.2, -0.15) is 0 Å². The summed E-state index contributed by atoms with van der Waals surface area (Å²) in [6.45, 7) is 5.48. The molecule has 130 valence electrons. The highest BCUT2D eigenvalue weighted by Crippen LogP contribution is 2.19. The van der Waals surface area contributed by atoms with Gasteiger partial charge in [0, 0.05) is 17.2 Å². The van der Waals surface area contributed by atoms with Crippen molar-refractivity contribution in [3.8, 4) is 5.75 Å². The highest BCUT2D eigenvalue weighted by Gasteiger charge is 2.14. The van der Waals surface area contributed by atoms with Crippen molar-refractivity contribution in [2.24, 2.45) is 0 Å². The molecule has 0 radical (unpaired) electrons. The molecule has 0 heterocycles. The number of hydrogen-bond acceptors (Lipinski definition) is 4. The number of carbonyl (C=O) groups excluding carboxylic acids is 2. The quantitative estimate of drug-likeness (QED) is 0.453. The monoisotopic (exact) mass is 338 g/mol. The zero-order valence-electron chi connectivity index (χ0n) is 15.0. The van der Waals surface area contributed by atoms with E-state index in [1.807, 2.05) is 51.1 Å². The Morgan fingerprint density at radius 3 is 2.32 bits per heavy atom. The van der Waals surface area contributed by atoms with Gasteiger partial charge in [0.05, 0.1) is 7.11 Å². The van der Waals surface area contributed by atoms with Gasteiger partial charge in [-0.15, -0.1) is 0 Å². The molecule has 0 aliphatic heterocycles. The van der Waals surface area contributed by atoms with E-state index in [9.17, 15) is 9.59 Å². The zero-order valence-corrected chi connectivity index (χ0v) is 15.0. The van der Waals surface area contributed by atoms with E-state index in [-0.39, 0.29) is 12.4 Å². The van der Waals surface area contributed by atoms with Crippen LogP contribution in [-0.2, 0) is 9.53 Å². The number of aryl methyl sites for hydroxylation is 3. The Morgan fingerprint density at radius 2 is 1.68 bits per heavy atom. The van der Waals surface area contributed by atoms with Crippen LogP contribution in [0.4, 0.5) is 0 Å². The minimum Gasteiger partial charge on any atom is -0.496 e. The summed E-state index contributed by atoms with van der Waals surface area (Å²) in [7, 11) is 1.57. The number of ether oxygens (including phenoxy) is 2. The fraction of sp³-hybridized carbons (Fsp3) is 0.238. The van der Waals surface area contributed by atoms with Crippen molar-refractivity contribution < 1.29 is 19.1 Å². The molecule has 2 rings (SSSR count). The second-order valence-corrected chi connectivity index (χ2v) is 5.88. The van der Waals surface area contributed by atoms with Gasteiger partial charge >= 0.3 is 5.97 Å². The predicted octanol–water partition coefficient (Wildman–Crippen LogP) is 4.06. The van der Waals surface area contributed by atoms with Crippen molar-refractivity contribution in [1.29, 1.82) is 0 Å². The molecular weight excluding hydrogens is 316 g/mol. The second-order valence-electron chi connectivity index (χ2n) is 5.88. The number of para-hydroxylation sites is 1. The number of carbonyl (C=O) groups is 2. The molecule has 0 saturated carbocycles. The minimum absolute atomic E-state index is 0.200. The molecule has 0 spiro atoms. The van der Waals surface area contributed by atoms with Gasteiger partial charge in [0.25, 0.3) is 0 Å². The van der Waals surface area contributed by atoms with Crippen LogP contribution in [0.2, 0.25) is 0 Å². The fourth-order valence-corrected chi connectivity index (χ4v) is 2.84. The van der Waals surface area contributed by atoms with E-state index >= 15 is 0 Å². The molecule has 4 nitrogen and oxygen atoms in total. The summed E-state index contributed by atoms with van der Waals surface area (Å²) >= 11 is 0. The number of hydrogen-bond donors (Lipinski definition) is 0. The van der Waals surface area contributed by atoms with E-state index in [0.717, 1.165) is 22.3 Å². The van der Waals surface area contributed by atoms with Gasteiger partial charge in [0.2, 0.25) is 5.78 Å². The van der Waals surface area contributed by atoms with E-state index in [0.29, 0.717) is 11.3 Å². The maximum absolute atomic E-state index is 12.4. The van der Waals surface area contributed by atoms with Gasteiger partial charge in [0.1, 0.15) is 5.75 Å². The van der Waals surface area contributed by atoms with E-state index in [1.165, 1.54) is 6.08 Å². The van der Waals surface area contributed by atoms with Crippen molar-refractivity contribution >= 4 is 17.8 Å². The van der Waals surface area contributed by atoms with Gasteiger partial charge < -0.3 is 9.47 Å². The Bertz CT molecular complexity index is 795. The number of rotatable bonds is 6. The van der Waals surface area contributed by atoms with Crippen LogP contribution in [-0.4, -0.2) is 25.5 Å². The number of esters is 1. The summed E-state index contributed by atoms with van der Waals surface area (Å²) in [5.74, 6) is -0.107. The number of ketones is 1. The summed E-state index contributed by atoms with van der Waals surface area (Å²) in [6, 6.07) is 11.2. The molecule has 0 aliphatic rings. The Labute approximate surface area is 148 Å². The van der Waals surface area contributed by atoms with E-state index in [2.05, 4.69) is 0 Å². The van der Waals surface area contributed by atoms with Gasteiger partial charge in [-0.1, -0.05) is 35.9 Å². The van der Waals surface area contributed by atoms with Crippen LogP contribution in [0.1, 0.15) is 32.6 Å². The normalized spacial score (nSPS) is 10.7. The van der Waals surface area contributed by atoms with Crippen molar-refractivity contribution in [2.45, 2.75) is 20.8 Å². The largest absolute Gasteiger partial charge is 0.496 e. The van der Waals surface area contributed by atoms with Crippen molar-refractivity contribution in [1.82, 2.24) is 0 Å². The summed E-state index contributed by atoms with van der Waals surface area (Å²) < 4.78 is 10.3. The number of methoxy groups -OCH3 is 1. The lowest BCUT2D eigenvalue weighted by Crippen LogP contribution is -2.15. The predicted molar refractivity (Wildman–Crippen MR) is 98.0 cm³/mol. The first-order valence-corrected chi connectivity index (χ1v) is 8.01. The molecule has 0 aromatic heterocycles. The Hall–Kier alpha value is -2.88. The van der Waals surface area contributed by atoms with Crippen LogP contribution in [0.3, 0.4) is 0 Å². The van der Waals surface area contributed by atoms with E-state index in [4.69, 9.17) is 9.47 Å². The third-order valence-electron chi connectivity index (χ3n) is 3.84. The van der Waals surface area contributed by atoms with Crippen molar-refractivity contribution in [2.75, 3.05) is 13.7 Å². The maximum atomic E-state index is 12.4. The molecule has 0 aliphatic carbocycles. The molecule has 25 heavy (non-hydrogen) atoms. The first-order chi connectivity index (χ1) is 11.9. The average molecular weight is 338 g/mol. The lowest BCUT2D eigenvalue weighted by Gasteiger charge is -2.10. The summed E-state index contributed by atoms with van der Waals surface area (Å²) in [4.78, 5) is 24.2. The summed E-state index contributed by atoms with van der Waals surface area (Å²) in [6.07, 6.45) is 2.90. The molecule has 0 atom stereocenters. The fourth-order valence-electron chi connectivity index (χ4n) is 2.84. The Morgan fingerprint density at radius 1 is 1.04 bits per heavy atom. The Kier molecular flexibility index (Phi) is 6.12. The van der Waals surface area contributed by atoms with Crippen molar-refractivity contribution in [3.63, 3.8) is 0 Å². The van der Waals surface area contributed by atoms with E-state index < -0.39 is 5.97 Å². The highest BCUT2D eigenvalue weighted by atomic mass is 16.5. The van der Waals surface area contributed by atoms with Crippen molar-refractivity contribution in [3.05, 3.63) is 70.3 Å². The van der Waals surface area contributed by atoms with Gasteiger partial charge in [-0.05, 0) is 44.0 Å². The van der Waals surface area contributed by atoms with Crippen LogP contribution < -0.4 is 4.74 Å². The van der Waals surface area contributed by atoms with Crippen LogP contribution in [0.15, 0.2) is 42.5 Å². The third kappa shape index (κ3) is 4.80. The molecular formula is C21H22O4. The Balaban J connectivity index is 2.00. The molecule has 0 amide bonds. The zero-order chi connectivity index (χ0) is 18.4. The summed E-state index contributed by atoms with van der Waals surface area (Å²) in [5, 5.41) is 0. The standard InChI is InChI=1S/C21H22O4/c1-14-11-15(2)21(16(3)12-14)18(22)13-25-20(23)10-9-17-7-5-6-8-19(17)24-4/h5-12H,13H2,1-4H3. The molecule has 2 aromatic rings. The molecule has 0 unspecified atom stereocenters. The molecule has 0 bridgehead atoms. The van der Waals surface area contributed by atoms with Gasteiger partial charge in [-0.25, -0.2) is 4.79 Å². The smallest absolute Gasteiger partial charge is 0.331 e. The number of Topliss-reactive ketones (excluding diaryl/α,β-unsaturated/α-hetero) is 1. The molecule has 2 aromatic carbocycles. The topological polar surface area (TPSA) is 52.6 Å². The van der Waals surface area contributed by atoms with Crippen LogP contribution in [0, 0.1) is 20.8 Å². The molecule has 0 N–H and O–H groups in total.